The zero-order valence-corrected chi connectivity index (χ0v) is 21.5. The molecule has 0 atom stereocenters. The van der Waals surface area contributed by atoms with E-state index in [4.69, 9.17) is 9.47 Å². The van der Waals surface area contributed by atoms with Crippen molar-refractivity contribution < 1.29 is 27.5 Å². The molecule has 0 heterocycles. The molecular weight excluding hydrogens is 470 g/mol. The number of hydrogen-bond donors (Lipinski definition) is 2. The number of carbonyl (C=O) groups is 2. The smallest absolute Gasteiger partial charge is 0.262 e. The summed E-state index contributed by atoms with van der Waals surface area (Å²) in [6.07, 6.45) is 2.80. The Morgan fingerprint density at radius 1 is 1.03 bits per heavy atom. The van der Waals surface area contributed by atoms with Gasteiger partial charge in [0.2, 0.25) is 10.0 Å². The molecule has 0 unspecified atom stereocenters. The summed E-state index contributed by atoms with van der Waals surface area (Å²) in [6, 6.07) is 11.6. The number of hydrogen-bond acceptors (Lipinski definition) is 6. The highest BCUT2D eigenvalue weighted by atomic mass is 32.2. The molecule has 35 heavy (non-hydrogen) atoms. The maximum Gasteiger partial charge on any atom is 0.262 e. The Bertz CT molecular complexity index is 1140. The molecule has 2 rings (SSSR count). The van der Waals surface area contributed by atoms with Gasteiger partial charge in [-0.05, 0) is 55.7 Å². The summed E-state index contributed by atoms with van der Waals surface area (Å²) < 4.78 is 37.5. The minimum Gasteiger partial charge on any atom is -0.490 e. The van der Waals surface area contributed by atoms with E-state index in [2.05, 4.69) is 24.7 Å². The summed E-state index contributed by atoms with van der Waals surface area (Å²) >= 11 is 0. The van der Waals surface area contributed by atoms with Crippen LogP contribution in [0.3, 0.4) is 0 Å². The fourth-order valence-corrected chi connectivity index (χ4v) is 3.96. The molecule has 0 radical (unpaired) electrons. The van der Waals surface area contributed by atoms with Gasteiger partial charge in [-0.15, -0.1) is 0 Å². The van der Waals surface area contributed by atoms with Crippen LogP contribution in [-0.2, 0) is 19.6 Å². The number of ether oxygens (including phenoxy) is 2. The molecule has 0 aliphatic carbocycles. The molecule has 190 valence electrons. The van der Waals surface area contributed by atoms with Crippen LogP contribution in [0.1, 0.15) is 31.9 Å². The maximum absolute atomic E-state index is 12.6. The van der Waals surface area contributed by atoms with Gasteiger partial charge in [0.25, 0.3) is 11.8 Å². The van der Waals surface area contributed by atoms with E-state index in [1.165, 1.54) is 25.3 Å². The first kappa shape index (κ1) is 27.9. The number of likely N-dealkylation sites (N-methyl/N-ethyl adjacent to an activating group) is 1. The number of carbonyl (C=O) groups excluding carboxylic acids is 2. The maximum atomic E-state index is 12.6. The lowest BCUT2D eigenvalue weighted by Crippen LogP contribution is -2.46. The first-order valence-corrected chi connectivity index (χ1v) is 12.7. The summed E-state index contributed by atoms with van der Waals surface area (Å²) in [6.45, 7) is 8.38. The Morgan fingerprint density at radius 3 is 2.34 bits per heavy atom. The Morgan fingerprint density at radius 2 is 1.71 bits per heavy atom. The predicted octanol–water partition coefficient (Wildman–Crippen LogP) is 2.91. The van der Waals surface area contributed by atoms with E-state index in [0.29, 0.717) is 36.2 Å². The number of nitrogens with zero attached hydrogens (tertiary/aromatic N) is 1. The SMILES string of the molecule is CCOc1cc(/C=C/C(=O)NNC(=O)CN(C)S(=O)(=O)c2ccc(C)cc2)ccc1OCC(C)C. The second-order valence-electron chi connectivity index (χ2n) is 8.29. The fraction of sp³-hybridized carbons (Fsp3) is 0.360. The average molecular weight is 504 g/mol. The number of sulfonamides is 1. The Hall–Kier alpha value is -3.37. The van der Waals surface area contributed by atoms with Crippen molar-refractivity contribution in [1.82, 2.24) is 15.2 Å². The van der Waals surface area contributed by atoms with Gasteiger partial charge in [0.05, 0.1) is 24.7 Å². The average Bonchev–Trinajstić information content (AvgIpc) is 2.81. The molecule has 0 fully saturated rings. The quantitative estimate of drug-likeness (QED) is 0.360. The zero-order valence-electron chi connectivity index (χ0n) is 20.7. The minimum atomic E-state index is -3.83. The molecule has 9 nitrogen and oxygen atoms in total. The van der Waals surface area contributed by atoms with E-state index in [9.17, 15) is 18.0 Å². The fourth-order valence-electron chi connectivity index (χ4n) is 2.83. The molecule has 2 amide bonds. The molecule has 0 aromatic heterocycles. The van der Waals surface area contributed by atoms with E-state index in [1.54, 1.807) is 36.4 Å². The molecule has 0 aliphatic heterocycles. The highest BCUT2D eigenvalue weighted by Gasteiger charge is 2.22. The Labute approximate surface area is 207 Å². The summed E-state index contributed by atoms with van der Waals surface area (Å²) in [7, 11) is -2.54. The number of benzene rings is 2. The van der Waals surface area contributed by atoms with Gasteiger partial charge in [0.1, 0.15) is 0 Å². The minimum absolute atomic E-state index is 0.0809. The summed E-state index contributed by atoms with van der Waals surface area (Å²) in [5, 5.41) is 0. The van der Waals surface area contributed by atoms with Crippen molar-refractivity contribution in [3.8, 4) is 11.5 Å². The number of amides is 2. The van der Waals surface area contributed by atoms with E-state index < -0.39 is 28.4 Å². The third-order valence-corrected chi connectivity index (χ3v) is 6.51. The summed E-state index contributed by atoms with van der Waals surface area (Å²) in [5.41, 5.74) is 6.07. The number of nitrogens with one attached hydrogen (secondary N) is 2. The molecule has 2 aromatic rings. The lowest BCUT2D eigenvalue weighted by Gasteiger charge is -2.17. The summed E-state index contributed by atoms with van der Waals surface area (Å²) in [5.74, 6) is 0.294. The van der Waals surface area contributed by atoms with Crippen molar-refractivity contribution in [1.29, 1.82) is 0 Å². The zero-order chi connectivity index (χ0) is 26.0. The lowest BCUT2D eigenvalue weighted by atomic mass is 10.2. The third kappa shape index (κ3) is 8.73. The third-order valence-electron chi connectivity index (χ3n) is 4.69. The number of rotatable bonds is 11. The van der Waals surface area contributed by atoms with Crippen LogP contribution in [-0.4, -0.2) is 51.3 Å². The van der Waals surface area contributed by atoms with Crippen LogP contribution >= 0.6 is 0 Å². The van der Waals surface area contributed by atoms with Gasteiger partial charge in [-0.2, -0.15) is 4.31 Å². The second kappa shape index (κ2) is 12.9. The normalized spacial score (nSPS) is 11.6. The van der Waals surface area contributed by atoms with Crippen molar-refractivity contribution in [3.05, 3.63) is 59.7 Å². The summed E-state index contributed by atoms with van der Waals surface area (Å²) in [4.78, 5) is 24.3. The molecule has 0 bridgehead atoms. The van der Waals surface area contributed by atoms with Crippen LogP contribution in [0.25, 0.3) is 6.08 Å². The molecule has 0 saturated carbocycles. The molecule has 0 aliphatic rings. The molecule has 0 spiro atoms. The van der Waals surface area contributed by atoms with Crippen LogP contribution in [0, 0.1) is 12.8 Å². The highest BCUT2D eigenvalue weighted by Crippen LogP contribution is 2.29. The second-order valence-corrected chi connectivity index (χ2v) is 10.3. The van der Waals surface area contributed by atoms with Crippen molar-refractivity contribution in [3.63, 3.8) is 0 Å². The molecule has 2 N–H and O–H groups in total. The van der Waals surface area contributed by atoms with E-state index in [-0.39, 0.29) is 4.90 Å². The van der Waals surface area contributed by atoms with E-state index in [0.717, 1.165) is 9.87 Å². The lowest BCUT2D eigenvalue weighted by molar-refractivity contribution is -0.126. The van der Waals surface area contributed by atoms with Gasteiger partial charge in [-0.3, -0.25) is 20.4 Å². The van der Waals surface area contributed by atoms with Gasteiger partial charge < -0.3 is 9.47 Å². The van der Waals surface area contributed by atoms with Gasteiger partial charge in [0.15, 0.2) is 11.5 Å². The first-order chi connectivity index (χ1) is 16.5. The van der Waals surface area contributed by atoms with Crippen LogP contribution in [0.15, 0.2) is 53.4 Å². The van der Waals surface area contributed by atoms with Crippen LogP contribution in [0.5, 0.6) is 11.5 Å². The van der Waals surface area contributed by atoms with E-state index >= 15 is 0 Å². The van der Waals surface area contributed by atoms with Gasteiger partial charge in [-0.1, -0.05) is 37.6 Å². The molecular formula is C25H33N3O6S. The monoisotopic (exact) mass is 503 g/mol. The first-order valence-electron chi connectivity index (χ1n) is 11.2. The molecule has 2 aromatic carbocycles. The largest absolute Gasteiger partial charge is 0.490 e. The number of hydrazine groups is 1. The van der Waals surface area contributed by atoms with E-state index in [1.807, 2.05) is 13.8 Å². The van der Waals surface area contributed by atoms with Crippen molar-refractivity contribution in [2.75, 3.05) is 26.8 Å². The highest BCUT2D eigenvalue weighted by molar-refractivity contribution is 7.89. The number of aryl methyl sites for hydroxylation is 1. The topological polar surface area (TPSA) is 114 Å². The van der Waals surface area contributed by atoms with Crippen molar-refractivity contribution in [2.24, 2.45) is 5.92 Å². The van der Waals surface area contributed by atoms with Crippen LogP contribution in [0.4, 0.5) is 0 Å². The predicted molar refractivity (Wildman–Crippen MR) is 134 cm³/mol. The van der Waals surface area contributed by atoms with Crippen molar-refractivity contribution in [2.45, 2.75) is 32.6 Å². The van der Waals surface area contributed by atoms with Crippen LogP contribution < -0.4 is 20.3 Å². The van der Waals surface area contributed by atoms with Crippen LogP contribution in [0.2, 0.25) is 0 Å². The standard InChI is InChI=1S/C25H33N3O6S/c1-6-33-23-15-20(9-13-22(23)34-17-18(2)3)10-14-24(29)26-27-25(30)16-28(5)35(31,32)21-11-7-19(4)8-12-21/h7-15,18H,6,16-17H2,1-5H3,(H,26,29)(H,27,30)/b14-10+. The Kier molecular flexibility index (Phi) is 10.3. The van der Waals surface area contributed by atoms with Gasteiger partial charge in [-0.25, -0.2) is 8.42 Å². The molecule has 10 heteroatoms. The molecule has 0 saturated heterocycles. The Balaban J connectivity index is 1.91. The van der Waals surface area contributed by atoms with Gasteiger partial charge in [0, 0.05) is 13.1 Å². The van der Waals surface area contributed by atoms with Gasteiger partial charge >= 0.3 is 0 Å². The van der Waals surface area contributed by atoms with Crippen molar-refractivity contribution >= 4 is 27.9 Å².